The lowest BCUT2D eigenvalue weighted by Gasteiger charge is -2.37. The highest BCUT2D eigenvalue weighted by atomic mass is 16.3. The number of hydrogen-bond donors (Lipinski definition) is 0. The van der Waals surface area contributed by atoms with E-state index in [0.29, 0.717) is 29.8 Å². The zero-order chi connectivity index (χ0) is 16.5. The first-order valence-electron chi connectivity index (χ1n) is 8.66. The Hall–Kier alpha value is -2.37. The van der Waals surface area contributed by atoms with E-state index in [1.54, 1.807) is 18.3 Å². The molecule has 4 heterocycles. The van der Waals surface area contributed by atoms with Crippen molar-refractivity contribution >= 4 is 22.9 Å². The van der Waals surface area contributed by atoms with Crippen LogP contribution in [0.25, 0.3) is 11.1 Å². The molecule has 0 N–H and O–H groups in total. The predicted octanol–water partition coefficient (Wildman–Crippen LogP) is 2.44. The summed E-state index contributed by atoms with van der Waals surface area (Å²) < 4.78 is 5.69. The quantitative estimate of drug-likeness (QED) is 0.868. The van der Waals surface area contributed by atoms with Gasteiger partial charge in [0.2, 0.25) is 5.91 Å². The van der Waals surface area contributed by atoms with Gasteiger partial charge in [-0.3, -0.25) is 14.6 Å². The fourth-order valence-corrected chi connectivity index (χ4v) is 3.73. The highest BCUT2D eigenvalue weighted by molar-refractivity contribution is 5.95. The maximum atomic E-state index is 12.9. The summed E-state index contributed by atoms with van der Waals surface area (Å²) >= 11 is 0. The van der Waals surface area contributed by atoms with Crippen molar-refractivity contribution in [3.8, 4) is 0 Å². The second-order valence-corrected chi connectivity index (χ2v) is 6.59. The molecule has 126 valence electrons. The Kier molecular flexibility index (Phi) is 3.96. The van der Waals surface area contributed by atoms with E-state index in [2.05, 4.69) is 4.98 Å². The molecule has 2 aliphatic heterocycles. The van der Waals surface area contributed by atoms with Crippen LogP contribution >= 0.6 is 0 Å². The monoisotopic (exact) mass is 327 g/mol. The Morgan fingerprint density at radius 3 is 3.00 bits per heavy atom. The van der Waals surface area contributed by atoms with E-state index in [0.717, 1.165) is 38.8 Å². The van der Waals surface area contributed by atoms with Crippen molar-refractivity contribution in [3.05, 3.63) is 30.2 Å². The molecule has 0 aliphatic carbocycles. The highest BCUT2D eigenvalue weighted by Crippen LogP contribution is 2.24. The summed E-state index contributed by atoms with van der Waals surface area (Å²) in [5.74, 6) is 0.452. The molecule has 24 heavy (non-hydrogen) atoms. The smallest absolute Gasteiger partial charge is 0.289 e. The number of piperidine rings is 1. The van der Waals surface area contributed by atoms with Gasteiger partial charge < -0.3 is 14.2 Å². The van der Waals surface area contributed by atoms with Gasteiger partial charge in [0.15, 0.2) is 11.3 Å². The molecule has 4 rings (SSSR count). The standard InChI is InChI=1S/C18H21N3O3/c22-17-7-4-9-20(17)12-13-5-1-2-10-21(13)18(23)16-11-14-15(24-16)6-3-8-19-14/h3,6,8,11,13H,1-2,4-5,7,9-10,12H2. The van der Waals surface area contributed by atoms with Gasteiger partial charge in [-0.05, 0) is 37.8 Å². The molecule has 0 aromatic carbocycles. The first-order chi connectivity index (χ1) is 11.7. The Bertz CT molecular complexity index is 737. The number of furan rings is 1. The topological polar surface area (TPSA) is 66.7 Å². The third kappa shape index (κ3) is 2.77. The Labute approximate surface area is 140 Å². The van der Waals surface area contributed by atoms with Crippen molar-refractivity contribution in [3.63, 3.8) is 0 Å². The third-order valence-corrected chi connectivity index (χ3v) is 4.99. The van der Waals surface area contributed by atoms with E-state index >= 15 is 0 Å². The lowest BCUT2D eigenvalue weighted by molar-refractivity contribution is -0.128. The molecule has 2 amide bonds. The van der Waals surface area contributed by atoms with Crippen molar-refractivity contribution in [2.45, 2.75) is 38.1 Å². The summed E-state index contributed by atoms with van der Waals surface area (Å²) in [5, 5.41) is 0. The van der Waals surface area contributed by atoms with E-state index in [9.17, 15) is 9.59 Å². The van der Waals surface area contributed by atoms with Gasteiger partial charge in [0.25, 0.3) is 5.91 Å². The summed E-state index contributed by atoms with van der Waals surface area (Å²) in [6.07, 6.45) is 6.28. The second-order valence-electron chi connectivity index (χ2n) is 6.59. The summed E-state index contributed by atoms with van der Waals surface area (Å²) in [7, 11) is 0. The summed E-state index contributed by atoms with van der Waals surface area (Å²) in [4.78, 5) is 32.8. The molecule has 2 fully saturated rings. The third-order valence-electron chi connectivity index (χ3n) is 4.99. The zero-order valence-electron chi connectivity index (χ0n) is 13.6. The van der Waals surface area contributed by atoms with Crippen LogP contribution in [0.1, 0.15) is 42.7 Å². The number of nitrogens with zero attached hydrogens (tertiary/aromatic N) is 3. The van der Waals surface area contributed by atoms with Crippen LogP contribution in [0.2, 0.25) is 0 Å². The molecular formula is C18H21N3O3. The molecule has 0 spiro atoms. The van der Waals surface area contributed by atoms with Crippen LogP contribution in [-0.4, -0.2) is 52.3 Å². The molecule has 0 saturated carbocycles. The fraction of sp³-hybridized carbons (Fsp3) is 0.500. The number of likely N-dealkylation sites (tertiary alicyclic amines) is 2. The molecule has 2 aromatic rings. The number of hydrogen-bond acceptors (Lipinski definition) is 4. The zero-order valence-corrected chi connectivity index (χ0v) is 13.6. The number of aromatic nitrogens is 1. The second kappa shape index (κ2) is 6.26. The first-order valence-corrected chi connectivity index (χ1v) is 8.66. The number of pyridine rings is 1. The average molecular weight is 327 g/mol. The van der Waals surface area contributed by atoms with Crippen molar-refractivity contribution in [1.82, 2.24) is 14.8 Å². The molecule has 1 atom stereocenters. The summed E-state index contributed by atoms with van der Waals surface area (Å²) in [6, 6.07) is 5.40. The maximum Gasteiger partial charge on any atom is 0.289 e. The van der Waals surface area contributed by atoms with Crippen LogP contribution in [0.4, 0.5) is 0 Å². The first kappa shape index (κ1) is 15.2. The molecule has 0 bridgehead atoms. The van der Waals surface area contributed by atoms with Gasteiger partial charge in [-0.2, -0.15) is 0 Å². The van der Waals surface area contributed by atoms with Crippen LogP contribution in [0, 0.1) is 0 Å². The molecule has 6 heteroatoms. The minimum absolute atomic E-state index is 0.0782. The normalized spacial score (nSPS) is 21.7. The molecule has 2 saturated heterocycles. The number of rotatable bonds is 3. The van der Waals surface area contributed by atoms with Gasteiger partial charge in [-0.1, -0.05) is 0 Å². The average Bonchev–Trinajstić information content (AvgIpc) is 3.21. The lowest BCUT2D eigenvalue weighted by Crippen LogP contribution is -2.49. The summed E-state index contributed by atoms with van der Waals surface area (Å²) in [5.41, 5.74) is 1.33. The Morgan fingerprint density at radius 2 is 2.21 bits per heavy atom. The molecular weight excluding hydrogens is 306 g/mol. The molecule has 1 unspecified atom stereocenters. The van der Waals surface area contributed by atoms with Gasteiger partial charge in [0.1, 0.15) is 5.52 Å². The molecule has 0 radical (unpaired) electrons. The largest absolute Gasteiger partial charge is 0.449 e. The SMILES string of the molecule is O=C1CCCN1CC1CCCCN1C(=O)c1cc2ncccc2o1. The highest BCUT2D eigenvalue weighted by Gasteiger charge is 2.32. The number of amides is 2. The minimum Gasteiger partial charge on any atom is -0.449 e. The summed E-state index contributed by atoms with van der Waals surface area (Å²) in [6.45, 7) is 2.17. The van der Waals surface area contributed by atoms with Crippen LogP contribution in [-0.2, 0) is 4.79 Å². The Balaban J connectivity index is 1.55. The van der Waals surface area contributed by atoms with E-state index in [-0.39, 0.29) is 17.9 Å². The van der Waals surface area contributed by atoms with Gasteiger partial charge in [-0.15, -0.1) is 0 Å². The molecule has 2 aliphatic rings. The minimum atomic E-state index is -0.0932. The van der Waals surface area contributed by atoms with E-state index in [1.807, 2.05) is 15.9 Å². The number of fused-ring (bicyclic) bond motifs is 1. The maximum absolute atomic E-state index is 12.9. The molecule has 6 nitrogen and oxygen atoms in total. The van der Waals surface area contributed by atoms with E-state index in [1.165, 1.54) is 0 Å². The van der Waals surface area contributed by atoms with Crippen molar-refractivity contribution in [2.75, 3.05) is 19.6 Å². The van der Waals surface area contributed by atoms with Gasteiger partial charge in [0.05, 0.1) is 0 Å². The van der Waals surface area contributed by atoms with Gasteiger partial charge in [-0.25, -0.2) is 0 Å². The lowest BCUT2D eigenvalue weighted by atomic mass is 10.0. The number of carbonyl (C=O) groups excluding carboxylic acids is 2. The van der Waals surface area contributed by atoms with Crippen LogP contribution in [0.15, 0.2) is 28.8 Å². The fourth-order valence-electron chi connectivity index (χ4n) is 3.73. The van der Waals surface area contributed by atoms with Gasteiger partial charge in [0, 0.05) is 44.4 Å². The van der Waals surface area contributed by atoms with Crippen molar-refractivity contribution in [2.24, 2.45) is 0 Å². The Morgan fingerprint density at radius 1 is 1.29 bits per heavy atom. The number of carbonyl (C=O) groups is 2. The molecule has 2 aromatic heterocycles. The van der Waals surface area contributed by atoms with E-state index < -0.39 is 0 Å². The van der Waals surface area contributed by atoms with Crippen LogP contribution < -0.4 is 0 Å². The predicted molar refractivity (Wildman–Crippen MR) is 88.5 cm³/mol. The van der Waals surface area contributed by atoms with Crippen LogP contribution in [0.3, 0.4) is 0 Å². The van der Waals surface area contributed by atoms with Gasteiger partial charge >= 0.3 is 0 Å². The van der Waals surface area contributed by atoms with Crippen molar-refractivity contribution < 1.29 is 14.0 Å². The van der Waals surface area contributed by atoms with Crippen molar-refractivity contribution in [1.29, 1.82) is 0 Å². The van der Waals surface area contributed by atoms with Crippen LogP contribution in [0.5, 0.6) is 0 Å². The van der Waals surface area contributed by atoms with E-state index in [4.69, 9.17) is 4.42 Å².